The summed E-state index contributed by atoms with van der Waals surface area (Å²) in [6.07, 6.45) is 3.12. The highest BCUT2D eigenvalue weighted by Crippen LogP contribution is 2.33. The molecule has 8 heteroatoms. The van der Waals surface area contributed by atoms with Gasteiger partial charge >= 0.3 is 5.97 Å². The molecule has 0 saturated carbocycles. The topological polar surface area (TPSA) is 73.8 Å². The van der Waals surface area contributed by atoms with Crippen LogP contribution in [0.4, 0.5) is 0 Å². The lowest BCUT2D eigenvalue weighted by Crippen LogP contribution is -2.40. The lowest BCUT2D eigenvalue weighted by molar-refractivity contribution is -0.139. The maximum atomic E-state index is 13.9. The maximum Gasteiger partial charge on any atom is 0.338 e. The number of halogens is 1. The van der Waals surface area contributed by atoms with Gasteiger partial charge in [-0.25, -0.2) is 9.79 Å². The van der Waals surface area contributed by atoms with Gasteiger partial charge in [-0.05, 0) is 54.7 Å². The Kier molecular flexibility index (Phi) is 8.24. The van der Waals surface area contributed by atoms with Crippen LogP contribution in [-0.2, 0) is 9.53 Å². The molecule has 1 atom stereocenters. The molecule has 0 aliphatic carbocycles. The molecule has 0 N–H and O–H groups in total. The van der Waals surface area contributed by atoms with Crippen LogP contribution >= 0.6 is 22.9 Å². The number of carbonyl (C=O) groups excluding carboxylic acids is 1. The van der Waals surface area contributed by atoms with Crippen molar-refractivity contribution in [3.8, 4) is 11.3 Å². The van der Waals surface area contributed by atoms with Gasteiger partial charge in [-0.2, -0.15) is 0 Å². The van der Waals surface area contributed by atoms with E-state index in [9.17, 15) is 9.59 Å². The fraction of sp³-hybridized carbons (Fsp3) is 0.281. The molecule has 206 valence electrons. The number of aromatic nitrogens is 1. The summed E-state index contributed by atoms with van der Waals surface area (Å²) in [5, 5.41) is 0.616. The van der Waals surface area contributed by atoms with Crippen LogP contribution in [0.3, 0.4) is 0 Å². The molecule has 0 saturated heterocycles. The van der Waals surface area contributed by atoms with E-state index in [1.54, 1.807) is 23.6 Å². The number of carbonyl (C=O) groups is 1. The number of fused-ring (bicyclic) bond motifs is 1. The molecule has 2 aromatic heterocycles. The Morgan fingerprint density at radius 1 is 1.15 bits per heavy atom. The van der Waals surface area contributed by atoms with Crippen LogP contribution in [0.5, 0.6) is 0 Å². The summed E-state index contributed by atoms with van der Waals surface area (Å²) in [5.74, 6) is 1.10. The smallest absolute Gasteiger partial charge is 0.338 e. The molecule has 5 rings (SSSR count). The second-order valence-corrected chi connectivity index (χ2v) is 11.4. The van der Waals surface area contributed by atoms with Gasteiger partial charge in [-0.1, -0.05) is 86.5 Å². The summed E-state index contributed by atoms with van der Waals surface area (Å²) in [6, 6.07) is 18.5. The molecule has 4 aromatic rings. The molecule has 3 heterocycles. The van der Waals surface area contributed by atoms with Crippen molar-refractivity contribution in [1.29, 1.82) is 0 Å². The summed E-state index contributed by atoms with van der Waals surface area (Å²) >= 11 is 7.44. The van der Waals surface area contributed by atoms with Crippen molar-refractivity contribution in [2.45, 2.75) is 52.5 Å². The van der Waals surface area contributed by atoms with Crippen molar-refractivity contribution in [2.75, 3.05) is 6.61 Å². The van der Waals surface area contributed by atoms with E-state index in [0.29, 0.717) is 49.5 Å². The first-order valence-corrected chi connectivity index (χ1v) is 14.7. The van der Waals surface area contributed by atoms with Gasteiger partial charge in [0.05, 0.1) is 28.5 Å². The minimum atomic E-state index is -0.640. The molecule has 6 nitrogen and oxygen atoms in total. The quantitative estimate of drug-likeness (QED) is 0.222. The number of hydrogen-bond acceptors (Lipinski definition) is 6. The van der Waals surface area contributed by atoms with Crippen LogP contribution < -0.4 is 14.9 Å². The van der Waals surface area contributed by atoms with Crippen molar-refractivity contribution >= 4 is 35.0 Å². The van der Waals surface area contributed by atoms with E-state index in [-0.39, 0.29) is 12.2 Å². The van der Waals surface area contributed by atoms with Crippen LogP contribution in [0.15, 0.2) is 86.1 Å². The van der Waals surface area contributed by atoms with Crippen LogP contribution in [0, 0.1) is 0 Å². The number of nitrogens with zero attached hydrogens (tertiary/aromatic N) is 2. The number of rotatable bonds is 8. The average molecular weight is 575 g/mol. The van der Waals surface area contributed by atoms with Gasteiger partial charge in [0, 0.05) is 16.7 Å². The number of hydrogen-bond donors (Lipinski definition) is 0. The van der Waals surface area contributed by atoms with E-state index >= 15 is 0 Å². The first-order chi connectivity index (χ1) is 19.3. The third-order valence-electron chi connectivity index (χ3n) is 6.82. The zero-order chi connectivity index (χ0) is 28.4. The number of ether oxygens (including phenoxy) is 1. The number of allylic oxidation sites excluding steroid dienone is 1. The van der Waals surface area contributed by atoms with Crippen LogP contribution in [0.2, 0.25) is 5.02 Å². The summed E-state index contributed by atoms with van der Waals surface area (Å²) in [5.41, 5.74) is 3.71. The zero-order valence-corrected chi connectivity index (χ0v) is 24.5. The Hall–Kier alpha value is -3.68. The van der Waals surface area contributed by atoms with Gasteiger partial charge in [0.25, 0.3) is 5.56 Å². The Labute approximate surface area is 241 Å². The standard InChI is InChI=1S/C32H31ClN2O4S/c1-5-8-25-28(31(37)38-6-2)29(21-13-11-20(12-14-21)19(3)4)35-30(36)27(40-32(35)34-25)18-24-15-16-26(39-24)22-9-7-10-23(33)17-22/h7,9-19,29H,5-6,8H2,1-4H3/b27-18-. The molecule has 0 fully saturated rings. The monoisotopic (exact) mass is 574 g/mol. The van der Waals surface area contributed by atoms with E-state index in [4.69, 9.17) is 25.7 Å². The van der Waals surface area contributed by atoms with E-state index in [1.807, 2.05) is 49.4 Å². The maximum absolute atomic E-state index is 13.9. The van der Waals surface area contributed by atoms with Crippen molar-refractivity contribution in [3.63, 3.8) is 0 Å². The highest BCUT2D eigenvalue weighted by molar-refractivity contribution is 7.07. The van der Waals surface area contributed by atoms with Gasteiger partial charge in [0.2, 0.25) is 0 Å². The third kappa shape index (κ3) is 5.49. The van der Waals surface area contributed by atoms with Crippen molar-refractivity contribution < 1.29 is 13.9 Å². The van der Waals surface area contributed by atoms with Crippen LogP contribution in [-0.4, -0.2) is 17.1 Å². The number of benzene rings is 2. The lowest BCUT2D eigenvalue weighted by atomic mass is 9.92. The average Bonchev–Trinajstić information content (AvgIpc) is 3.53. The van der Waals surface area contributed by atoms with Gasteiger partial charge < -0.3 is 9.15 Å². The fourth-order valence-electron chi connectivity index (χ4n) is 4.86. The highest BCUT2D eigenvalue weighted by Gasteiger charge is 2.34. The summed E-state index contributed by atoms with van der Waals surface area (Å²) in [7, 11) is 0. The third-order valence-corrected chi connectivity index (χ3v) is 8.04. The normalized spacial score (nSPS) is 15.3. The Balaban J connectivity index is 1.67. The molecular weight excluding hydrogens is 544 g/mol. The van der Waals surface area contributed by atoms with E-state index in [1.165, 1.54) is 16.9 Å². The number of thiazole rings is 1. The Morgan fingerprint density at radius 2 is 1.93 bits per heavy atom. The minimum Gasteiger partial charge on any atom is -0.463 e. The summed E-state index contributed by atoms with van der Waals surface area (Å²) in [4.78, 5) is 32.6. The number of esters is 1. The van der Waals surface area contributed by atoms with Gasteiger partial charge in [0.15, 0.2) is 4.80 Å². The fourth-order valence-corrected chi connectivity index (χ4v) is 6.05. The molecule has 0 bridgehead atoms. The first-order valence-electron chi connectivity index (χ1n) is 13.5. The molecule has 1 aliphatic heterocycles. The molecule has 0 amide bonds. The number of furan rings is 1. The van der Waals surface area contributed by atoms with Gasteiger partial charge in [-0.15, -0.1) is 0 Å². The molecule has 2 aromatic carbocycles. The predicted molar refractivity (Wildman–Crippen MR) is 159 cm³/mol. The van der Waals surface area contributed by atoms with Gasteiger partial charge in [0.1, 0.15) is 11.5 Å². The van der Waals surface area contributed by atoms with Crippen LogP contribution in [0.25, 0.3) is 17.4 Å². The molecule has 0 radical (unpaired) electrons. The SMILES string of the molecule is CCCC1=C(C(=O)OCC)C(c2ccc(C(C)C)cc2)n2c(s/c(=C\c3ccc(-c4cccc(Cl)c4)o3)c2=O)=N1. The largest absolute Gasteiger partial charge is 0.463 e. The molecule has 40 heavy (non-hydrogen) atoms. The molecular formula is C32H31ClN2O4S. The van der Waals surface area contributed by atoms with Gasteiger partial charge in [-0.3, -0.25) is 9.36 Å². The van der Waals surface area contributed by atoms with E-state index < -0.39 is 12.0 Å². The molecule has 1 unspecified atom stereocenters. The second-order valence-electron chi connectivity index (χ2n) is 9.95. The van der Waals surface area contributed by atoms with Crippen molar-refractivity contribution in [3.05, 3.63) is 114 Å². The summed E-state index contributed by atoms with van der Waals surface area (Å²) in [6.45, 7) is 8.32. The van der Waals surface area contributed by atoms with Crippen LogP contribution in [0.1, 0.15) is 69.4 Å². The summed E-state index contributed by atoms with van der Waals surface area (Å²) < 4.78 is 13.6. The minimum absolute atomic E-state index is 0.235. The van der Waals surface area contributed by atoms with E-state index in [0.717, 1.165) is 17.5 Å². The van der Waals surface area contributed by atoms with Crippen molar-refractivity contribution in [2.24, 2.45) is 4.99 Å². The first kappa shape index (κ1) is 27.9. The molecule has 0 spiro atoms. The molecule has 1 aliphatic rings. The predicted octanol–water partition coefficient (Wildman–Crippen LogP) is 6.62. The zero-order valence-electron chi connectivity index (χ0n) is 22.9. The van der Waals surface area contributed by atoms with Crippen molar-refractivity contribution in [1.82, 2.24) is 4.57 Å². The Bertz CT molecular complexity index is 1760. The van der Waals surface area contributed by atoms with E-state index in [2.05, 4.69) is 26.0 Å². The second kappa shape index (κ2) is 11.8. The highest BCUT2D eigenvalue weighted by atomic mass is 35.5. The lowest BCUT2D eigenvalue weighted by Gasteiger charge is -2.26. The Morgan fingerprint density at radius 3 is 2.60 bits per heavy atom.